The number of thiophene rings is 1. The zero-order chi connectivity index (χ0) is 15.4. The van der Waals surface area contributed by atoms with Crippen LogP contribution in [0.4, 0.5) is 0 Å². The van der Waals surface area contributed by atoms with Gasteiger partial charge in [-0.2, -0.15) is 0 Å². The molecule has 0 saturated heterocycles. The summed E-state index contributed by atoms with van der Waals surface area (Å²) in [5, 5.41) is 4.24. The van der Waals surface area contributed by atoms with E-state index in [0.717, 1.165) is 18.5 Å². The third-order valence-electron chi connectivity index (χ3n) is 3.27. The predicted octanol–water partition coefficient (Wildman–Crippen LogP) is 5.57. The molecule has 21 heavy (non-hydrogen) atoms. The number of hydrogen-bond donors (Lipinski definition) is 1. The second-order valence-corrected chi connectivity index (χ2v) is 7.70. The van der Waals surface area contributed by atoms with Gasteiger partial charge in [-0.25, -0.2) is 0 Å². The van der Waals surface area contributed by atoms with Gasteiger partial charge < -0.3 is 10.1 Å². The Kier molecular flexibility index (Phi) is 6.11. The fraction of sp³-hybridized carbons (Fsp3) is 0.375. The van der Waals surface area contributed by atoms with E-state index in [4.69, 9.17) is 16.3 Å². The van der Waals surface area contributed by atoms with E-state index in [2.05, 4.69) is 47.2 Å². The average molecular weight is 389 g/mol. The van der Waals surface area contributed by atoms with E-state index in [0.29, 0.717) is 10.8 Å². The fourth-order valence-corrected chi connectivity index (χ4v) is 4.10. The van der Waals surface area contributed by atoms with Crippen LogP contribution in [0.1, 0.15) is 35.4 Å². The van der Waals surface area contributed by atoms with Crippen LogP contribution in [0.15, 0.2) is 28.1 Å². The zero-order valence-electron chi connectivity index (χ0n) is 12.4. The van der Waals surface area contributed by atoms with Crippen LogP contribution in [0, 0.1) is 6.92 Å². The molecule has 2 nitrogen and oxygen atoms in total. The Morgan fingerprint density at radius 3 is 2.67 bits per heavy atom. The molecule has 5 heteroatoms. The van der Waals surface area contributed by atoms with Gasteiger partial charge in [0.15, 0.2) is 0 Å². The summed E-state index contributed by atoms with van der Waals surface area (Å²) >= 11 is 11.6. The highest BCUT2D eigenvalue weighted by molar-refractivity contribution is 9.11. The van der Waals surface area contributed by atoms with Crippen LogP contribution < -0.4 is 10.1 Å². The highest BCUT2D eigenvalue weighted by Crippen LogP contribution is 2.36. The van der Waals surface area contributed by atoms with Gasteiger partial charge in [-0.05, 0) is 65.1 Å². The second kappa shape index (κ2) is 7.63. The van der Waals surface area contributed by atoms with Crippen LogP contribution in [-0.2, 0) is 0 Å². The lowest BCUT2D eigenvalue weighted by Gasteiger charge is -2.18. The average Bonchev–Trinajstić information content (AvgIpc) is 2.79. The normalized spacial score (nSPS) is 12.4. The highest BCUT2D eigenvalue weighted by atomic mass is 79.9. The summed E-state index contributed by atoms with van der Waals surface area (Å²) in [6, 6.07) is 8.36. The quantitative estimate of drug-likeness (QED) is 0.698. The van der Waals surface area contributed by atoms with Gasteiger partial charge >= 0.3 is 0 Å². The molecular weight excluding hydrogens is 370 g/mol. The molecule has 1 N–H and O–H groups in total. The van der Waals surface area contributed by atoms with E-state index in [-0.39, 0.29) is 6.04 Å². The minimum absolute atomic E-state index is 0.156. The van der Waals surface area contributed by atoms with E-state index in [1.165, 1.54) is 14.2 Å². The minimum Gasteiger partial charge on any atom is -0.495 e. The van der Waals surface area contributed by atoms with Gasteiger partial charge in [0.1, 0.15) is 5.75 Å². The summed E-state index contributed by atoms with van der Waals surface area (Å²) in [6.07, 6.45) is 1.09. The smallest absolute Gasteiger partial charge is 0.137 e. The molecule has 1 heterocycles. The maximum absolute atomic E-state index is 6.27. The molecule has 2 rings (SSSR count). The summed E-state index contributed by atoms with van der Waals surface area (Å²) < 4.78 is 6.41. The Morgan fingerprint density at radius 1 is 1.38 bits per heavy atom. The van der Waals surface area contributed by atoms with E-state index < -0.39 is 0 Å². The van der Waals surface area contributed by atoms with Gasteiger partial charge in [-0.1, -0.05) is 24.6 Å². The predicted molar refractivity (Wildman–Crippen MR) is 94.9 cm³/mol. The number of hydrogen-bond acceptors (Lipinski definition) is 3. The van der Waals surface area contributed by atoms with Crippen molar-refractivity contribution < 1.29 is 4.74 Å². The lowest BCUT2D eigenvalue weighted by Crippen LogP contribution is -2.22. The van der Waals surface area contributed by atoms with Gasteiger partial charge in [-0.15, -0.1) is 11.3 Å². The molecule has 2 aromatic rings. The Bertz CT molecular complexity index is 595. The maximum atomic E-state index is 6.27. The summed E-state index contributed by atoms with van der Waals surface area (Å²) in [6.45, 7) is 5.24. The Labute approximate surface area is 143 Å². The summed E-state index contributed by atoms with van der Waals surface area (Å²) in [5.41, 5.74) is 2.42. The Hall–Kier alpha value is -0.550. The van der Waals surface area contributed by atoms with E-state index in [9.17, 15) is 0 Å². The summed E-state index contributed by atoms with van der Waals surface area (Å²) in [4.78, 5) is 1.29. The molecule has 1 atom stereocenters. The SMILES string of the molecule is CCCNC(c1ccc(OC)c(Cl)c1)c1cc(C)c(Br)s1. The maximum Gasteiger partial charge on any atom is 0.137 e. The van der Waals surface area contributed by atoms with Gasteiger partial charge in [0, 0.05) is 4.88 Å². The minimum atomic E-state index is 0.156. The van der Waals surface area contributed by atoms with Gasteiger partial charge in [-0.3, -0.25) is 0 Å². The largest absolute Gasteiger partial charge is 0.495 e. The molecule has 0 fully saturated rings. The standard InChI is InChI=1S/C16H19BrClNOS/c1-4-7-19-15(14-8-10(2)16(17)21-14)11-5-6-13(20-3)12(18)9-11/h5-6,8-9,15,19H,4,7H2,1-3H3. The van der Waals surface area contributed by atoms with Gasteiger partial charge in [0.05, 0.1) is 22.0 Å². The van der Waals surface area contributed by atoms with Crippen molar-refractivity contribution in [3.8, 4) is 5.75 Å². The first-order chi connectivity index (χ1) is 10.1. The summed E-state index contributed by atoms with van der Waals surface area (Å²) in [5.74, 6) is 0.707. The summed E-state index contributed by atoms with van der Waals surface area (Å²) in [7, 11) is 1.63. The van der Waals surface area contributed by atoms with Crippen LogP contribution in [0.5, 0.6) is 5.75 Å². The highest BCUT2D eigenvalue weighted by Gasteiger charge is 2.18. The number of rotatable bonds is 6. The first kappa shape index (κ1) is 16.8. The van der Waals surface area contributed by atoms with E-state index >= 15 is 0 Å². The number of halogens is 2. The lowest BCUT2D eigenvalue weighted by molar-refractivity contribution is 0.414. The Balaban J connectivity index is 2.37. The van der Waals surface area contributed by atoms with Crippen LogP contribution in [0.2, 0.25) is 5.02 Å². The monoisotopic (exact) mass is 387 g/mol. The van der Waals surface area contributed by atoms with E-state index in [1.54, 1.807) is 18.4 Å². The number of methoxy groups -OCH3 is 1. The number of benzene rings is 1. The molecule has 0 aliphatic heterocycles. The molecule has 1 aromatic carbocycles. The second-order valence-electron chi connectivity index (χ2n) is 4.89. The van der Waals surface area contributed by atoms with E-state index in [1.807, 2.05) is 12.1 Å². The molecule has 0 radical (unpaired) electrons. The van der Waals surface area contributed by atoms with Crippen molar-refractivity contribution in [2.75, 3.05) is 13.7 Å². The van der Waals surface area contributed by atoms with Crippen molar-refractivity contribution >= 4 is 38.9 Å². The number of aryl methyl sites for hydroxylation is 1. The third kappa shape index (κ3) is 4.01. The topological polar surface area (TPSA) is 21.3 Å². The molecule has 1 aromatic heterocycles. The van der Waals surface area contributed by atoms with Gasteiger partial charge in [0.25, 0.3) is 0 Å². The van der Waals surface area contributed by atoms with Gasteiger partial charge in [0.2, 0.25) is 0 Å². The zero-order valence-corrected chi connectivity index (χ0v) is 15.5. The fourth-order valence-electron chi connectivity index (χ4n) is 2.16. The van der Waals surface area contributed by atoms with Crippen molar-refractivity contribution in [3.63, 3.8) is 0 Å². The van der Waals surface area contributed by atoms with Crippen molar-refractivity contribution in [2.45, 2.75) is 26.3 Å². The molecule has 0 amide bonds. The number of ether oxygens (including phenoxy) is 1. The van der Waals surface area contributed by atoms with Crippen molar-refractivity contribution in [1.82, 2.24) is 5.32 Å². The van der Waals surface area contributed by atoms with Crippen molar-refractivity contribution in [2.24, 2.45) is 0 Å². The molecule has 0 bridgehead atoms. The molecule has 0 aliphatic carbocycles. The molecule has 0 saturated carbocycles. The molecular formula is C16H19BrClNOS. The van der Waals surface area contributed by atoms with Crippen LogP contribution in [0.3, 0.4) is 0 Å². The molecule has 114 valence electrons. The molecule has 1 unspecified atom stereocenters. The first-order valence-corrected chi connectivity index (χ1v) is 8.88. The Morgan fingerprint density at radius 2 is 2.14 bits per heavy atom. The lowest BCUT2D eigenvalue weighted by atomic mass is 10.0. The molecule has 0 aliphatic rings. The van der Waals surface area contributed by atoms with Crippen LogP contribution >= 0.6 is 38.9 Å². The first-order valence-electron chi connectivity index (χ1n) is 6.89. The molecule has 0 spiro atoms. The van der Waals surface area contributed by atoms with Crippen LogP contribution in [0.25, 0.3) is 0 Å². The number of nitrogens with one attached hydrogen (secondary N) is 1. The van der Waals surface area contributed by atoms with Crippen molar-refractivity contribution in [1.29, 1.82) is 0 Å². The third-order valence-corrected chi connectivity index (χ3v) is 5.77. The van der Waals surface area contributed by atoms with Crippen LogP contribution in [-0.4, -0.2) is 13.7 Å². The van der Waals surface area contributed by atoms with Crippen molar-refractivity contribution in [3.05, 3.63) is 49.1 Å².